The van der Waals surface area contributed by atoms with Crippen molar-refractivity contribution < 1.29 is 17.4 Å². The van der Waals surface area contributed by atoms with Crippen molar-refractivity contribution in [2.24, 2.45) is 0 Å². The van der Waals surface area contributed by atoms with Crippen LogP contribution in [-0.4, -0.2) is 33.3 Å². The first-order valence-corrected chi connectivity index (χ1v) is 9.47. The molecule has 0 aliphatic carbocycles. The third-order valence-corrected chi connectivity index (χ3v) is 5.45. The van der Waals surface area contributed by atoms with Gasteiger partial charge in [-0.05, 0) is 43.2 Å². The number of rotatable bonds is 4. The molecule has 3 aromatic rings. The Labute approximate surface area is 157 Å². The number of anilines is 1. The summed E-state index contributed by atoms with van der Waals surface area (Å²) in [6, 6.07) is 3.21. The fraction of sp³-hybridized carbons (Fsp3) is 0.333. The lowest BCUT2D eigenvalue weighted by Crippen LogP contribution is -2.14. The number of halogens is 3. The van der Waals surface area contributed by atoms with Crippen LogP contribution in [0, 0.1) is 13.8 Å². The molecule has 0 bridgehead atoms. The van der Waals surface area contributed by atoms with Crippen LogP contribution in [0.15, 0.2) is 29.6 Å². The van der Waals surface area contributed by atoms with E-state index in [-0.39, 0.29) is 16.4 Å². The second-order valence-electron chi connectivity index (χ2n) is 6.52. The number of hydrogen-bond acceptors (Lipinski definition) is 4. The number of imidazole rings is 1. The summed E-state index contributed by atoms with van der Waals surface area (Å²) in [5, 5.41) is 0.137. The molecule has 0 saturated heterocycles. The molecule has 27 heavy (non-hydrogen) atoms. The molecule has 0 amide bonds. The summed E-state index contributed by atoms with van der Waals surface area (Å²) in [4.78, 5) is 13.3. The van der Waals surface area contributed by atoms with Crippen molar-refractivity contribution in [3.05, 3.63) is 46.8 Å². The standard InChI is InChI=1S/C18H19F3N4OS/c1-10-8-22-15(11(2)16(10)25(3)4)9-27(26)17-23-13-6-5-12(18(19,20)21)7-14(13)24-17/h5-8H,9H2,1-4H3,(H,23,24). The number of benzene rings is 1. The van der Waals surface area contributed by atoms with E-state index < -0.39 is 22.5 Å². The van der Waals surface area contributed by atoms with Crippen LogP contribution in [0.25, 0.3) is 11.0 Å². The number of fused-ring (bicyclic) bond motifs is 1. The predicted molar refractivity (Wildman–Crippen MR) is 99.2 cm³/mol. The second-order valence-corrected chi connectivity index (χ2v) is 7.88. The summed E-state index contributed by atoms with van der Waals surface area (Å²) in [5.74, 6) is 0.124. The third-order valence-electron chi connectivity index (χ3n) is 4.29. The van der Waals surface area contributed by atoms with Crippen molar-refractivity contribution in [1.29, 1.82) is 0 Å². The molecule has 2 aromatic heterocycles. The Bertz CT molecular complexity index is 1030. The van der Waals surface area contributed by atoms with Crippen molar-refractivity contribution in [1.82, 2.24) is 15.0 Å². The van der Waals surface area contributed by atoms with E-state index in [0.29, 0.717) is 11.2 Å². The normalized spacial score (nSPS) is 13.1. The topological polar surface area (TPSA) is 61.9 Å². The van der Waals surface area contributed by atoms with Gasteiger partial charge in [0, 0.05) is 26.0 Å². The number of nitrogens with zero attached hydrogens (tertiary/aromatic N) is 3. The summed E-state index contributed by atoms with van der Waals surface area (Å²) in [7, 11) is 2.29. The third kappa shape index (κ3) is 3.83. The molecule has 1 N–H and O–H groups in total. The van der Waals surface area contributed by atoms with Gasteiger partial charge < -0.3 is 9.88 Å². The molecule has 0 aliphatic heterocycles. The van der Waals surface area contributed by atoms with Crippen LogP contribution in [0.1, 0.15) is 22.4 Å². The van der Waals surface area contributed by atoms with E-state index in [1.165, 1.54) is 6.07 Å². The van der Waals surface area contributed by atoms with Crippen molar-refractivity contribution in [3.63, 3.8) is 0 Å². The molecular weight excluding hydrogens is 377 g/mol. The van der Waals surface area contributed by atoms with Gasteiger partial charge in [0.25, 0.3) is 0 Å². The Hall–Kier alpha value is -2.42. The zero-order valence-corrected chi connectivity index (χ0v) is 16.1. The highest BCUT2D eigenvalue weighted by molar-refractivity contribution is 7.84. The van der Waals surface area contributed by atoms with E-state index in [9.17, 15) is 17.4 Å². The van der Waals surface area contributed by atoms with Crippen molar-refractivity contribution in [2.45, 2.75) is 30.9 Å². The first-order chi connectivity index (χ1) is 12.6. The van der Waals surface area contributed by atoms with E-state index in [1.54, 1.807) is 6.20 Å². The van der Waals surface area contributed by atoms with Gasteiger partial charge in [-0.25, -0.2) is 4.98 Å². The van der Waals surface area contributed by atoms with Crippen molar-refractivity contribution in [2.75, 3.05) is 19.0 Å². The van der Waals surface area contributed by atoms with E-state index in [2.05, 4.69) is 15.0 Å². The van der Waals surface area contributed by atoms with E-state index >= 15 is 0 Å². The van der Waals surface area contributed by atoms with Gasteiger partial charge in [0.05, 0.1) is 38.8 Å². The average molecular weight is 396 g/mol. The van der Waals surface area contributed by atoms with Gasteiger partial charge in [-0.3, -0.25) is 9.19 Å². The Kier molecular flexibility index (Phi) is 4.98. The van der Waals surface area contributed by atoms with Crippen LogP contribution in [0.4, 0.5) is 18.9 Å². The largest absolute Gasteiger partial charge is 0.416 e. The molecule has 0 fully saturated rings. The van der Waals surface area contributed by atoms with Crippen LogP contribution in [0.3, 0.4) is 0 Å². The zero-order chi connectivity index (χ0) is 19.9. The number of alkyl halides is 3. The number of pyridine rings is 1. The van der Waals surface area contributed by atoms with Crippen molar-refractivity contribution in [3.8, 4) is 0 Å². The van der Waals surface area contributed by atoms with Gasteiger partial charge in [0.15, 0.2) is 5.16 Å². The highest BCUT2D eigenvalue weighted by Gasteiger charge is 2.30. The smallest absolute Gasteiger partial charge is 0.377 e. The molecule has 0 aliphatic rings. The monoisotopic (exact) mass is 396 g/mol. The molecule has 0 spiro atoms. The van der Waals surface area contributed by atoms with Crippen LogP contribution in [0.5, 0.6) is 0 Å². The lowest BCUT2D eigenvalue weighted by molar-refractivity contribution is -0.137. The van der Waals surface area contributed by atoms with Crippen molar-refractivity contribution >= 4 is 27.5 Å². The van der Waals surface area contributed by atoms with E-state index in [0.717, 1.165) is 28.9 Å². The van der Waals surface area contributed by atoms with Gasteiger partial charge in [0.2, 0.25) is 0 Å². The van der Waals surface area contributed by atoms with Crippen LogP contribution in [-0.2, 0) is 22.7 Å². The number of aryl methyl sites for hydroxylation is 1. The predicted octanol–water partition coefficient (Wildman–Crippen LogP) is 3.97. The second kappa shape index (κ2) is 6.95. The molecule has 9 heteroatoms. The van der Waals surface area contributed by atoms with Gasteiger partial charge in [-0.15, -0.1) is 0 Å². The number of H-pyrrole nitrogens is 1. The van der Waals surface area contributed by atoms with Gasteiger partial charge in [0.1, 0.15) is 0 Å². The molecule has 3 rings (SSSR count). The minimum atomic E-state index is -4.44. The number of hydrogen-bond donors (Lipinski definition) is 1. The summed E-state index contributed by atoms with van der Waals surface area (Å²) < 4.78 is 51.3. The molecular formula is C18H19F3N4OS. The maximum Gasteiger partial charge on any atom is 0.416 e. The minimum absolute atomic E-state index is 0.124. The highest BCUT2D eigenvalue weighted by atomic mass is 32.2. The number of aromatic nitrogens is 3. The van der Waals surface area contributed by atoms with Crippen LogP contribution >= 0.6 is 0 Å². The lowest BCUT2D eigenvalue weighted by Gasteiger charge is -2.20. The van der Waals surface area contributed by atoms with Gasteiger partial charge in [-0.2, -0.15) is 13.2 Å². The van der Waals surface area contributed by atoms with Crippen LogP contribution in [0.2, 0.25) is 0 Å². The van der Waals surface area contributed by atoms with Gasteiger partial charge >= 0.3 is 6.18 Å². The average Bonchev–Trinajstić information content (AvgIpc) is 2.99. The quantitative estimate of drug-likeness (QED) is 0.725. The summed E-state index contributed by atoms with van der Waals surface area (Å²) in [5.41, 5.74) is 3.38. The number of nitrogens with one attached hydrogen (secondary N) is 1. The molecule has 0 saturated carbocycles. The molecule has 1 atom stereocenters. The molecule has 1 unspecified atom stereocenters. The molecule has 0 radical (unpaired) electrons. The summed E-state index contributed by atoms with van der Waals surface area (Å²) in [6.45, 7) is 3.86. The molecule has 2 heterocycles. The fourth-order valence-electron chi connectivity index (χ4n) is 3.06. The Balaban J connectivity index is 1.92. The van der Waals surface area contributed by atoms with Crippen LogP contribution < -0.4 is 4.90 Å². The highest BCUT2D eigenvalue weighted by Crippen LogP contribution is 2.31. The molecule has 5 nitrogen and oxygen atoms in total. The summed E-state index contributed by atoms with van der Waals surface area (Å²) in [6.07, 6.45) is -2.72. The Morgan fingerprint density at radius 2 is 1.93 bits per heavy atom. The van der Waals surface area contributed by atoms with Gasteiger partial charge in [-0.1, -0.05) is 0 Å². The Morgan fingerprint density at radius 1 is 1.22 bits per heavy atom. The maximum atomic E-state index is 12.8. The minimum Gasteiger partial charge on any atom is -0.377 e. The fourth-order valence-corrected chi connectivity index (χ4v) is 4.16. The number of aromatic amines is 1. The molecule has 144 valence electrons. The summed E-state index contributed by atoms with van der Waals surface area (Å²) >= 11 is 0. The molecule has 1 aromatic carbocycles. The van der Waals surface area contributed by atoms with E-state index in [1.807, 2.05) is 32.8 Å². The lowest BCUT2D eigenvalue weighted by atomic mass is 10.1. The first-order valence-electron chi connectivity index (χ1n) is 8.15. The Morgan fingerprint density at radius 3 is 2.56 bits per heavy atom. The maximum absolute atomic E-state index is 12.8. The zero-order valence-electron chi connectivity index (χ0n) is 15.3. The first kappa shape index (κ1) is 19.3. The SMILES string of the molecule is Cc1cnc(CS(=O)c2nc3ccc(C(F)(F)F)cc3[nH]2)c(C)c1N(C)C. The van der Waals surface area contributed by atoms with E-state index in [4.69, 9.17) is 0 Å².